The maximum Gasteiger partial charge on any atom is 0.229 e. The quantitative estimate of drug-likeness (QED) is 0.552. The number of nitrogens with zero attached hydrogens (tertiary/aromatic N) is 2. The monoisotopic (exact) mass is 379 g/mol. The summed E-state index contributed by atoms with van der Waals surface area (Å²) >= 11 is 0. The third-order valence-corrected chi connectivity index (χ3v) is 5.36. The van der Waals surface area contributed by atoms with E-state index in [2.05, 4.69) is 25.3 Å². The molecule has 27 heavy (non-hydrogen) atoms. The lowest BCUT2D eigenvalue weighted by molar-refractivity contribution is 0.665. The zero-order chi connectivity index (χ0) is 18.5. The number of nitrogens with one attached hydrogen (secondary N) is 3. The summed E-state index contributed by atoms with van der Waals surface area (Å²) in [5, 5.41) is 6.42. The van der Waals surface area contributed by atoms with Gasteiger partial charge in [0, 0.05) is 24.1 Å². The Bertz CT molecular complexity index is 913. The fraction of sp³-hybridized carbons (Fsp3) is 0.200. The third kappa shape index (κ3) is 5.12. The molecule has 1 aliphatic rings. The van der Waals surface area contributed by atoms with Crippen LogP contribution < -0.4 is 15.4 Å². The Morgan fingerprint density at radius 1 is 0.926 bits per heavy atom. The van der Waals surface area contributed by atoms with Crippen molar-refractivity contribution in [2.24, 2.45) is 5.92 Å². The summed E-state index contributed by atoms with van der Waals surface area (Å²) in [6, 6.07) is 19.1. The van der Waals surface area contributed by atoms with E-state index in [0.717, 1.165) is 22.8 Å². The fourth-order valence-electron chi connectivity index (χ4n) is 2.55. The highest BCUT2D eigenvalue weighted by molar-refractivity contribution is 7.83. The SMILES string of the molecule is O=S(NCC1CC1)c1ccc(Nc2nccc(Nc3ccccc3)n2)cc1. The summed E-state index contributed by atoms with van der Waals surface area (Å²) in [5.41, 5.74) is 1.81. The number of para-hydroxylation sites is 1. The van der Waals surface area contributed by atoms with Gasteiger partial charge in [-0.1, -0.05) is 18.2 Å². The molecular weight excluding hydrogens is 358 g/mol. The molecule has 3 N–H and O–H groups in total. The van der Waals surface area contributed by atoms with E-state index in [1.54, 1.807) is 6.20 Å². The highest BCUT2D eigenvalue weighted by Gasteiger charge is 2.21. The Hall–Kier alpha value is -2.77. The molecule has 0 aliphatic heterocycles. The van der Waals surface area contributed by atoms with Crippen LogP contribution in [-0.4, -0.2) is 20.7 Å². The molecule has 1 aromatic heterocycles. The molecule has 1 unspecified atom stereocenters. The highest BCUT2D eigenvalue weighted by Crippen LogP contribution is 2.28. The van der Waals surface area contributed by atoms with Crippen LogP contribution in [0.2, 0.25) is 0 Å². The Kier molecular flexibility index (Phi) is 5.41. The zero-order valence-corrected chi connectivity index (χ0v) is 15.6. The lowest BCUT2D eigenvalue weighted by atomic mass is 10.3. The van der Waals surface area contributed by atoms with Crippen LogP contribution in [0, 0.1) is 5.92 Å². The van der Waals surface area contributed by atoms with Crippen LogP contribution in [0.25, 0.3) is 0 Å². The topological polar surface area (TPSA) is 78.9 Å². The molecule has 0 spiro atoms. The van der Waals surface area contributed by atoms with Crippen LogP contribution in [0.15, 0.2) is 71.8 Å². The second-order valence-corrected chi connectivity index (χ2v) is 7.76. The smallest absolute Gasteiger partial charge is 0.229 e. The van der Waals surface area contributed by atoms with Gasteiger partial charge in [0.2, 0.25) is 5.95 Å². The second kappa shape index (κ2) is 8.28. The van der Waals surface area contributed by atoms with Gasteiger partial charge in [-0.05, 0) is 61.2 Å². The van der Waals surface area contributed by atoms with E-state index in [1.165, 1.54) is 12.8 Å². The molecule has 7 heteroatoms. The molecule has 138 valence electrons. The molecule has 1 heterocycles. The minimum Gasteiger partial charge on any atom is -0.340 e. The number of hydrogen-bond acceptors (Lipinski definition) is 5. The number of hydrogen-bond donors (Lipinski definition) is 3. The lowest BCUT2D eigenvalue weighted by Crippen LogP contribution is -2.19. The van der Waals surface area contributed by atoms with Crippen molar-refractivity contribution < 1.29 is 4.21 Å². The van der Waals surface area contributed by atoms with Crippen molar-refractivity contribution in [1.82, 2.24) is 14.7 Å². The van der Waals surface area contributed by atoms with Gasteiger partial charge in [0.05, 0.1) is 4.90 Å². The van der Waals surface area contributed by atoms with Crippen LogP contribution in [0.4, 0.5) is 23.1 Å². The van der Waals surface area contributed by atoms with Crippen molar-refractivity contribution in [3.8, 4) is 0 Å². The Balaban J connectivity index is 1.38. The molecular formula is C20H21N5OS. The van der Waals surface area contributed by atoms with E-state index in [0.29, 0.717) is 17.7 Å². The van der Waals surface area contributed by atoms with Gasteiger partial charge in [-0.15, -0.1) is 0 Å². The normalized spacial score (nSPS) is 14.5. The van der Waals surface area contributed by atoms with Gasteiger partial charge in [-0.25, -0.2) is 13.9 Å². The lowest BCUT2D eigenvalue weighted by Gasteiger charge is -2.09. The van der Waals surface area contributed by atoms with Gasteiger partial charge < -0.3 is 10.6 Å². The Labute approximate surface area is 161 Å². The molecule has 2 aromatic carbocycles. The van der Waals surface area contributed by atoms with Gasteiger partial charge in [0.15, 0.2) is 0 Å². The number of benzene rings is 2. The molecule has 0 amide bonds. The van der Waals surface area contributed by atoms with Gasteiger partial charge in [-0.3, -0.25) is 0 Å². The van der Waals surface area contributed by atoms with Crippen molar-refractivity contribution in [2.45, 2.75) is 17.7 Å². The standard InChI is InChI=1S/C20H21N5OS/c26-27(22-14-15-6-7-15)18-10-8-17(9-11-18)24-20-21-13-12-19(25-20)23-16-4-2-1-3-5-16/h1-5,8-13,15,22H,6-7,14H2,(H2,21,23,24,25). The van der Waals surface area contributed by atoms with Crippen LogP contribution >= 0.6 is 0 Å². The average Bonchev–Trinajstić information content (AvgIpc) is 3.52. The van der Waals surface area contributed by atoms with E-state index >= 15 is 0 Å². The van der Waals surface area contributed by atoms with Crippen molar-refractivity contribution in [3.63, 3.8) is 0 Å². The fourth-order valence-corrected chi connectivity index (χ4v) is 3.48. The average molecular weight is 379 g/mol. The van der Waals surface area contributed by atoms with Crippen molar-refractivity contribution >= 4 is 34.1 Å². The van der Waals surface area contributed by atoms with Gasteiger partial charge in [0.25, 0.3) is 0 Å². The predicted molar refractivity (Wildman–Crippen MR) is 109 cm³/mol. The third-order valence-electron chi connectivity index (χ3n) is 4.23. The summed E-state index contributed by atoms with van der Waals surface area (Å²) in [5.74, 6) is 1.90. The van der Waals surface area contributed by atoms with E-state index in [1.807, 2.05) is 60.7 Å². The maximum atomic E-state index is 12.2. The highest BCUT2D eigenvalue weighted by atomic mass is 32.2. The van der Waals surface area contributed by atoms with Crippen LogP contribution in [-0.2, 0) is 11.0 Å². The summed E-state index contributed by atoms with van der Waals surface area (Å²) in [6.45, 7) is 0.821. The summed E-state index contributed by atoms with van der Waals surface area (Å²) in [4.78, 5) is 9.49. The first-order valence-corrected chi connectivity index (χ1v) is 10.1. The minimum atomic E-state index is -1.16. The predicted octanol–water partition coefficient (Wildman–Crippen LogP) is 3.99. The maximum absolute atomic E-state index is 12.2. The molecule has 6 nitrogen and oxygen atoms in total. The van der Waals surface area contributed by atoms with Crippen LogP contribution in [0.1, 0.15) is 12.8 Å². The molecule has 1 saturated carbocycles. The summed E-state index contributed by atoms with van der Waals surface area (Å²) in [7, 11) is -1.16. The molecule has 3 aromatic rings. The van der Waals surface area contributed by atoms with Crippen LogP contribution in [0.3, 0.4) is 0 Å². The zero-order valence-electron chi connectivity index (χ0n) is 14.8. The molecule has 4 rings (SSSR count). The number of anilines is 4. The summed E-state index contributed by atoms with van der Waals surface area (Å²) in [6.07, 6.45) is 4.18. The summed E-state index contributed by atoms with van der Waals surface area (Å²) < 4.78 is 15.3. The first-order valence-electron chi connectivity index (χ1n) is 8.94. The first-order chi connectivity index (χ1) is 13.3. The van der Waals surface area contributed by atoms with Crippen molar-refractivity contribution in [2.75, 3.05) is 17.2 Å². The van der Waals surface area contributed by atoms with E-state index in [9.17, 15) is 4.21 Å². The molecule has 1 fully saturated rings. The van der Waals surface area contributed by atoms with E-state index < -0.39 is 11.0 Å². The van der Waals surface area contributed by atoms with Crippen LogP contribution in [0.5, 0.6) is 0 Å². The molecule has 0 radical (unpaired) electrons. The number of aromatic nitrogens is 2. The minimum absolute atomic E-state index is 0.497. The van der Waals surface area contributed by atoms with Gasteiger partial charge in [-0.2, -0.15) is 4.98 Å². The second-order valence-electron chi connectivity index (χ2n) is 6.47. The molecule has 0 saturated heterocycles. The molecule has 1 aliphatic carbocycles. The van der Waals surface area contributed by atoms with Crippen molar-refractivity contribution in [3.05, 3.63) is 66.9 Å². The van der Waals surface area contributed by atoms with Crippen molar-refractivity contribution in [1.29, 1.82) is 0 Å². The van der Waals surface area contributed by atoms with Gasteiger partial charge in [0.1, 0.15) is 16.8 Å². The Morgan fingerprint density at radius 3 is 2.41 bits per heavy atom. The van der Waals surface area contributed by atoms with Gasteiger partial charge >= 0.3 is 0 Å². The van der Waals surface area contributed by atoms with E-state index in [-0.39, 0.29) is 0 Å². The largest absolute Gasteiger partial charge is 0.340 e. The Morgan fingerprint density at radius 2 is 1.67 bits per heavy atom. The van der Waals surface area contributed by atoms with E-state index in [4.69, 9.17) is 0 Å². The molecule has 1 atom stereocenters. The number of rotatable bonds is 8. The molecule has 0 bridgehead atoms. The first kappa shape index (κ1) is 17.6.